The molecule has 1 fully saturated rings. The summed E-state index contributed by atoms with van der Waals surface area (Å²) in [5.41, 5.74) is 0.788. The number of hydrogen-bond donors (Lipinski definition) is 0. The van der Waals surface area contributed by atoms with E-state index in [4.69, 9.17) is 26.1 Å². The summed E-state index contributed by atoms with van der Waals surface area (Å²) < 4.78 is 11.4. The Hall–Kier alpha value is -1.85. The van der Waals surface area contributed by atoms with Gasteiger partial charge < -0.3 is 14.4 Å². The molecule has 1 aliphatic heterocycles. The number of nitrogens with zero attached hydrogens (tertiary/aromatic N) is 3. The highest BCUT2D eigenvalue weighted by molar-refractivity contribution is 6.30. The van der Waals surface area contributed by atoms with Crippen molar-refractivity contribution in [1.82, 2.24) is 9.97 Å². The topological polar surface area (TPSA) is 47.5 Å². The first kappa shape index (κ1) is 18.9. The van der Waals surface area contributed by atoms with Gasteiger partial charge in [0.05, 0.1) is 18.8 Å². The number of benzene rings is 1. The fraction of sp³-hybridized carbons (Fsp3) is 0.500. The molecule has 0 amide bonds. The van der Waals surface area contributed by atoms with Gasteiger partial charge in [0, 0.05) is 36.6 Å². The van der Waals surface area contributed by atoms with Gasteiger partial charge in [0.25, 0.3) is 0 Å². The van der Waals surface area contributed by atoms with Crippen LogP contribution < -0.4 is 9.64 Å². The second-order valence-corrected chi connectivity index (χ2v) is 8.09. The van der Waals surface area contributed by atoms with Crippen LogP contribution in [0, 0.1) is 0 Å². The molecule has 1 saturated heterocycles. The molecule has 1 aromatic carbocycles. The van der Waals surface area contributed by atoms with E-state index in [2.05, 4.69) is 30.7 Å². The van der Waals surface area contributed by atoms with Crippen LogP contribution in [0.3, 0.4) is 0 Å². The molecule has 1 unspecified atom stereocenters. The van der Waals surface area contributed by atoms with E-state index in [0.29, 0.717) is 11.6 Å². The minimum atomic E-state index is -0.116. The molecule has 0 saturated carbocycles. The summed E-state index contributed by atoms with van der Waals surface area (Å²) in [6.07, 6.45) is 1.06. The van der Waals surface area contributed by atoms with E-state index in [1.807, 2.05) is 30.3 Å². The van der Waals surface area contributed by atoms with Crippen LogP contribution in [0.4, 0.5) is 5.82 Å². The van der Waals surface area contributed by atoms with Crippen molar-refractivity contribution in [2.45, 2.75) is 45.3 Å². The molecular weight excluding hydrogens is 350 g/mol. The van der Waals surface area contributed by atoms with Gasteiger partial charge in [0.2, 0.25) is 0 Å². The molecule has 1 aliphatic rings. The monoisotopic (exact) mass is 375 g/mol. The highest BCUT2D eigenvalue weighted by Crippen LogP contribution is 2.27. The first-order chi connectivity index (χ1) is 12.3. The number of anilines is 1. The van der Waals surface area contributed by atoms with Crippen molar-refractivity contribution in [2.24, 2.45) is 0 Å². The van der Waals surface area contributed by atoms with Crippen molar-refractivity contribution in [3.63, 3.8) is 0 Å². The maximum atomic E-state index is 6.09. The summed E-state index contributed by atoms with van der Waals surface area (Å²) in [6.45, 7) is 8.54. The number of rotatable bonds is 5. The van der Waals surface area contributed by atoms with Gasteiger partial charge in [-0.2, -0.15) is 0 Å². The Morgan fingerprint density at radius 3 is 2.73 bits per heavy atom. The van der Waals surface area contributed by atoms with Gasteiger partial charge in [-0.15, -0.1) is 0 Å². The molecule has 0 aliphatic carbocycles. The fourth-order valence-electron chi connectivity index (χ4n) is 2.97. The summed E-state index contributed by atoms with van der Waals surface area (Å²) in [5, 5.41) is 0.687. The third kappa shape index (κ3) is 4.65. The molecule has 0 N–H and O–H groups in total. The average molecular weight is 376 g/mol. The fourth-order valence-corrected chi connectivity index (χ4v) is 3.15. The van der Waals surface area contributed by atoms with Crippen LogP contribution in [0.15, 0.2) is 30.3 Å². The lowest BCUT2D eigenvalue weighted by atomic mass is 9.95. The zero-order valence-corrected chi connectivity index (χ0v) is 16.6. The van der Waals surface area contributed by atoms with Crippen LogP contribution in [0.5, 0.6) is 5.75 Å². The molecule has 2 heterocycles. The summed E-state index contributed by atoms with van der Waals surface area (Å²) in [7, 11) is 1.68. The maximum absolute atomic E-state index is 6.09. The molecule has 2 aromatic rings. The zero-order chi connectivity index (χ0) is 18.7. The molecule has 26 heavy (non-hydrogen) atoms. The SMILES string of the molecule is COCc1cc(N2CCC(Oc3cccc(Cl)c3)C2)nc(C(C)(C)C)n1. The van der Waals surface area contributed by atoms with Crippen LogP contribution in [0.2, 0.25) is 5.02 Å². The molecule has 6 heteroatoms. The van der Waals surface area contributed by atoms with Crippen molar-refractivity contribution in [3.05, 3.63) is 46.9 Å². The number of hydrogen-bond acceptors (Lipinski definition) is 5. The molecule has 1 atom stereocenters. The predicted molar refractivity (Wildman–Crippen MR) is 104 cm³/mol. The van der Waals surface area contributed by atoms with Crippen LogP contribution in [0.1, 0.15) is 38.7 Å². The van der Waals surface area contributed by atoms with Crippen LogP contribution in [-0.4, -0.2) is 36.3 Å². The van der Waals surface area contributed by atoms with E-state index < -0.39 is 0 Å². The lowest BCUT2D eigenvalue weighted by Gasteiger charge is -2.23. The van der Waals surface area contributed by atoms with E-state index in [1.54, 1.807) is 7.11 Å². The van der Waals surface area contributed by atoms with Crippen molar-refractivity contribution in [1.29, 1.82) is 0 Å². The second kappa shape index (κ2) is 7.80. The first-order valence-corrected chi connectivity index (χ1v) is 9.27. The lowest BCUT2D eigenvalue weighted by Crippen LogP contribution is -2.27. The third-order valence-corrected chi connectivity index (χ3v) is 4.53. The molecule has 3 rings (SSSR count). The Labute approximate surface area is 160 Å². The van der Waals surface area contributed by atoms with Gasteiger partial charge in [-0.05, 0) is 18.2 Å². The Kier molecular flexibility index (Phi) is 5.68. The van der Waals surface area contributed by atoms with Crippen LogP contribution >= 0.6 is 11.6 Å². The van der Waals surface area contributed by atoms with Crippen molar-refractivity contribution in [3.8, 4) is 5.75 Å². The van der Waals surface area contributed by atoms with Crippen LogP contribution in [0.25, 0.3) is 0 Å². The molecule has 1 aromatic heterocycles. The minimum absolute atomic E-state index is 0.116. The number of ether oxygens (including phenoxy) is 2. The first-order valence-electron chi connectivity index (χ1n) is 8.89. The number of methoxy groups -OCH3 is 1. The van der Waals surface area contributed by atoms with Gasteiger partial charge >= 0.3 is 0 Å². The average Bonchev–Trinajstić information content (AvgIpc) is 3.03. The van der Waals surface area contributed by atoms with Crippen LogP contribution in [-0.2, 0) is 16.8 Å². The normalized spacial score (nSPS) is 17.6. The highest BCUT2D eigenvalue weighted by atomic mass is 35.5. The van der Waals surface area contributed by atoms with E-state index in [1.165, 1.54) is 0 Å². The Bertz CT molecular complexity index is 761. The van der Waals surface area contributed by atoms with Gasteiger partial charge in [0.1, 0.15) is 23.5 Å². The third-order valence-electron chi connectivity index (χ3n) is 4.30. The lowest BCUT2D eigenvalue weighted by molar-refractivity contribution is 0.181. The van der Waals surface area contributed by atoms with Gasteiger partial charge in [-0.25, -0.2) is 9.97 Å². The number of halogens is 1. The molecule has 5 nitrogen and oxygen atoms in total. The Morgan fingerprint density at radius 2 is 2.04 bits per heavy atom. The maximum Gasteiger partial charge on any atom is 0.136 e. The summed E-state index contributed by atoms with van der Waals surface area (Å²) >= 11 is 6.04. The van der Waals surface area contributed by atoms with Gasteiger partial charge in [-0.3, -0.25) is 0 Å². The molecule has 0 radical (unpaired) electrons. The largest absolute Gasteiger partial charge is 0.488 e. The molecule has 140 valence electrons. The highest BCUT2D eigenvalue weighted by Gasteiger charge is 2.27. The van der Waals surface area contributed by atoms with E-state index in [0.717, 1.165) is 42.6 Å². The van der Waals surface area contributed by atoms with Crippen molar-refractivity contribution >= 4 is 17.4 Å². The van der Waals surface area contributed by atoms with Crippen molar-refractivity contribution in [2.75, 3.05) is 25.1 Å². The van der Waals surface area contributed by atoms with Crippen molar-refractivity contribution < 1.29 is 9.47 Å². The van der Waals surface area contributed by atoms with E-state index in [9.17, 15) is 0 Å². The summed E-state index contributed by atoms with van der Waals surface area (Å²) in [6, 6.07) is 9.56. The van der Waals surface area contributed by atoms with E-state index >= 15 is 0 Å². The zero-order valence-electron chi connectivity index (χ0n) is 15.8. The predicted octanol–water partition coefficient (Wildman–Crippen LogP) is 4.23. The Balaban J connectivity index is 1.76. The quantitative estimate of drug-likeness (QED) is 0.782. The minimum Gasteiger partial charge on any atom is -0.488 e. The van der Waals surface area contributed by atoms with Gasteiger partial charge in [0.15, 0.2) is 0 Å². The molecule has 0 bridgehead atoms. The summed E-state index contributed by atoms with van der Waals surface area (Å²) in [5.74, 6) is 2.58. The summed E-state index contributed by atoms with van der Waals surface area (Å²) in [4.78, 5) is 11.7. The van der Waals surface area contributed by atoms with E-state index in [-0.39, 0.29) is 11.5 Å². The molecule has 0 spiro atoms. The standard InChI is InChI=1S/C20H26ClN3O2/c1-20(2,3)19-22-15(13-25-4)11-18(23-19)24-9-8-17(12-24)26-16-7-5-6-14(21)10-16/h5-7,10-11,17H,8-9,12-13H2,1-4H3. The van der Waals surface area contributed by atoms with Gasteiger partial charge in [-0.1, -0.05) is 38.4 Å². The smallest absolute Gasteiger partial charge is 0.136 e. The Morgan fingerprint density at radius 1 is 1.23 bits per heavy atom. The number of aromatic nitrogens is 2. The molecular formula is C20H26ClN3O2. The second-order valence-electron chi connectivity index (χ2n) is 7.66.